The van der Waals surface area contributed by atoms with Crippen molar-refractivity contribution in [3.63, 3.8) is 0 Å². The van der Waals surface area contributed by atoms with Gasteiger partial charge in [0, 0.05) is 22.5 Å². The van der Waals surface area contributed by atoms with Gasteiger partial charge in [-0.15, -0.1) is 0 Å². The predicted octanol–water partition coefficient (Wildman–Crippen LogP) is 14.7. The SMILES string of the molecule is c1ccc(-c2c3c(c(-c4ccccc4)c4ccccc24)-c2ccc(-c4ccc5oc6ccc(-c7cccc(-c8ccccn8)n7)cc6c5c4)c4cccc-3c24)cc1. The highest BCUT2D eigenvalue weighted by atomic mass is 16.3. The number of benzene rings is 8. The summed E-state index contributed by atoms with van der Waals surface area (Å²) in [6, 6.07) is 67.3. The lowest BCUT2D eigenvalue weighted by molar-refractivity contribution is 0.669. The fourth-order valence-corrected chi connectivity index (χ4v) is 9.22. The highest BCUT2D eigenvalue weighted by molar-refractivity contribution is 6.29. The van der Waals surface area contributed by atoms with Gasteiger partial charge in [-0.25, -0.2) is 4.98 Å². The standard InChI is InChI=1S/C54H32N2O/c1-3-13-33(14-4-1)50-39-17-7-8-18-40(39)51(34-15-5-2-6-16-34)54-42-27-26-37(38-19-11-20-41(52(38)42)53(50)54)35-24-28-48-43(31-35)44-32-36(25-29-49(44)57-48)45-22-12-23-47(56-45)46-21-9-10-30-55-46/h1-32H. The van der Waals surface area contributed by atoms with Crippen LogP contribution in [0.15, 0.2) is 199 Å². The largest absolute Gasteiger partial charge is 0.456 e. The zero-order valence-electron chi connectivity index (χ0n) is 30.8. The molecule has 0 atom stereocenters. The van der Waals surface area contributed by atoms with E-state index in [-0.39, 0.29) is 0 Å². The van der Waals surface area contributed by atoms with Gasteiger partial charge < -0.3 is 4.42 Å². The van der Waals surface area contributed by atoms with Crippen LogP contribution in [0.25, 0.3) is 122 Å². The monoisotopic (exact) mass is 724 g/mol. The van der Waals surface area contributed by atoms with Gasteiger partial charge in [-0.3, -0.25) is 4.98 Å². The summed E-state index contributed by atoms with van der Waals surface area (Å²) in [7, 11) is 0. The summed E-state index contributed by atoms with van der Waals surface area (Å²) in [4.78, 5) is 9.52. The predicted molar refractivity (Wildman–Crippen MR) is 236 cm³/mol. The van der Waals surface area contributed by atoms with Crippen LogP contribution in [0.1, 0.15) is 0 Å². The third-order valence-electron chi connectivity index (χ3n) is 11.7. The van der Waals surface area contributed by atoms with E-state index in [2.05, 4.69) is 163 Å². The molecule has 0 bridgehead atoms. The molecule has 1 aliphatic carbocycles. The first-order valence-corrected chi connectivity index (χ1v) is 19.4. The van der Waals surface area contributed by atoms with Crippen molar-refractivity contribution >= 4 is 43.5 Å². The molecule has 0 N–H and O–H groups in total. The van der Waals surface area contributed by atoms with Crippen molar-refractivity contribution in [1.82, 2.24) is 9.97 Å². The van der Waals surface area contributed by atoms with Gasteiger partial charge in [0.15, 0.2) is 0 Å². The van der Waals surface area contributed by atoms with E-state index in [9.17, 15) is 0 Å². The quantitative estimate of drug-likeness (QED) is 0.177. The lowest BCUT2D eigenvalue weighted by Crippen LogP contribution is -1.93. The number of fused-ring (bicyclic) bond motifs is 7. The van der Waals surface area contributed by atoms with Gasteiger partial charge in [-0.1, -0.05) is 133 Å². The lowest BCUT2D eigenvalue weighted by atomic mass is 9.82. The maximum Gasteiger partial charge on any atom is 0.135 e. The second-order valence-electron chi connectivity index (χ2n) is 14.8. The summed E-state index contributed by atoms with van der Waals surface area (Å²) in [5, 5.41) is 7.23. The lowest BCUT2D eigenvalue weighted by Gasteiger charge is -2.20. The average molecular weight is 725 g/mol. The topological polar surface area (TPSA) is 38.9 Å². The molecule has 0 saturated heterocycles. The maximum absolute atomic E-state index is 6.42. The first-order chi connectivity index (χ1) is 28.3. The van der Waals surface area contributed by atoms with Crippen molar-refractivity contribution in [2.75, 3.05) is 0 Å². The molecule has 11 aromatic rings. The third-order valence-corrected chi connectivity index (χ3v) is 11.7. The highest BCUT2D eigenvalue weighted by Crippen LogP contribution is 2.58. The van der Waals surface area contributed by atoms with E-state index in [1.165, 1.54) is 71.6 Å². The maximum atomic E-state index is 6.42. The van der Waals surface area contributed by atoms with E-state index >= 15 is 0 Å². The number of furan rings is 1. The van der Waals surface area contributed by atoms with Crippen LogP contribution in [-0.2, 0) is 0 Å². The van der Waals surface area contributed by atoms with E-state index in [4.69, 9.17) is 9.40 Å². The van der Waals surface area contributed by atoms with E-state index in [1.54, 1.807) is 6.20 Å². The molecule has 0 amide bonds. The van der Waals surface area contributed by atoms with E-state index < -0.39 is 0 Å². The summed E-state index contributed by atoms with van der Waals surface area (Å²) >= 11 is 0. The van der Waals surface area contributed by atoms with Crippen LogP contribution in [0.4, 0.5) is 0 Å². The number of aromatic nitrogens is 2. The zero-order valence-corrected chi connectivity index (χ0v) is 30.8. The summed E-state index contributed by atoms with van der Waals surface area (Å²) in [5.74, 6) is 0. The summed E-state index contributed by atoms with van der Waals surface area (Å²) in [6.45, 7) is 0. The molecule has 264 valence electrons. The minimum Gasteiger partial charge on any atom is -0.456 e. The molecule has 3 aromatic heterocycles. The molecular formula is C54H32N2O. The normalized spacial score (nSPS) is 11.9. The Morgan fingerprint density at radius 1 is 0.316 bits per heavy atom. The molecule has 3 heteroatoms. The van der Waals surface area contributed by atoms with Crippen LogP contribution >= 0.6 is 0 Å². The van der Waals surface area contributed by atoms with E-state index in [0.717, 1.165) is 50.1 Å². The molecule has 0 aliphatic heterocycles. The molecule has 3 heterocycles. The first-order valence-electron chi connectivity index (χ1n) is 19.4. The number of nitrogens with zero attached hydrogens (tertiary/aromatic N) is 2. The Morgan fingerprint density at radius 2 is 0.860 bits per heavy atom. The summed E-state index contributed by atoms with van der Waals surface area (Å²) in [5.41, 5.74) is 17.9. The molecule has 0 spiro atoms. The van der Waals surface area contributed by atoms with Crippen LogP contribution in [0.3, 0.4) is 0 Å². The van der Waals surface area contributed by atoms with Crippen LogP contribution < -0.4 is 0 Å². The van der Waals surface area contributed by atoms with Crippen molar-refractivity contribution in [2.45, 2.75) is 0 Å². The molecule has 8 aromatic carbocycles. The summed E-state index contributed by atoms with van der Waals surface area (Å²) < 4.78 is 6.42. The Labute approximate surface area is 329 Å². The van der Waals surface area contributed by atoms with Gasteiger partial charge in [0.2, 0.25) is 0 Å². The number of rotatable bonds is 5. The molecule has 57 heavy (non-hydrogen) atoms. The van der Waals surface area contributed by atoms with E-state index in [1.807, 2.05) is 30.3 Å². The molecule has 12 rings (SSSR count). The average Bonchev–Trinajstić information content (AvgIpc) is 3.82. The van der Waals surface area contributed by atoms with Gasteiger partial charge in [0.05, 0.1) is 17.1 Å². The Balaban J connectivity index is 1.06. The molecule has 3 nitrogen and oxygen atoms in total. The minimum absolute atomic E-state index is 0.849. The van der Waals surface area contributed by atoms with Gasteiger partial charge in [0.1, 0.15) is 11.2 Å². The second-order valence-corrected chi connectivity index (χ2v) is 14.8. The van der Waals surface area contributed by atoms with Crippen molar-refractivity contribution in [1.29, 1.82) is 0 Å². The number of hydrogen-bond acceptors (Lipinski definition) is 3. The van der Waals surface area contributed by atoms with Crippen molar-refractivity contribution < 1.29 is 4.42 Å². The molecule has 0 unspecified atom stereocenters. The van der Waals surface area contributed by atoms with Crippen LogP contribution in [0.2, 0.25) is 0 Å². The van der Waals surface area contributed by atoms with Gasteiger partial charge in [-0.05, 0) is 132 Å². The number of hydrogen-bond donors (Lipinski definition) is 0. The van der Waals surface area contributed by atoms with Crippen molar-refractivity contribution in [2.24, 2.45) is 0 Å². The van der Waals surface area contributed by atoms with Gasteiger partial charge in [0.25, 0.3) is 0 Å². The van der Waals surface area contributed by atoms with Crippen LogP contribution in [-0.4, -0.2) is 9.97 Å². The fourth-order valence-electron chi connectivity index (χ4n) is 9.22. The van der Waals surface area contributed by atoms with Crippen LogP contribution in [0.5, 0.6) is 0 Å². The Morgan fingerprint density at radius 3 is 1.54 bits per heavy atom. The Bertz CT molecular complexity index is 3290. The molecule has 0 radical (unpaired) electrons. The van der Waals surface area contributed by atoms with E-state index in [0.29, 0.717) is 0 Å². The second kappa shape index (κ2) is 12.5. The van der Waals surface area contributed by atoms with Crippen molar-refractivity contribution in [3.05, 3.63) is 194 Å². The van der Waals surface area contributed by atoms with Gasteiger partial charge in [-0.2, -0.15) is 0 Å². The number of pyridine rings is 2. The smallest absolute Gasteiger partial charge is 0.135 e. The summed E-state index contributed by atoms with van der Waals surface area (Å²) in [6.07, 6.45) is 1.80. The first kappa shape index (κ1) is 31.7. The van der Waals surface area contributed by atoms with Gasteiger partial charge >= 0.3 is 0 Å². The fraction of sp³-hybridized carbons (Fsp3) is 0. The molecule has 1 aliphatic rings. The highest BCUT2D eigenvalue weighted by Gasteiger charge is 2.31. The van der Waals surface area contributed by atoms with Crippen LogP contribution in [0, 0.1) is 0 Å². The Hall–Kier alpha value is -7.62. The molecular weight excluding hydrogens is 693 g/mol. The zero-order chi connectivity index (χ0) is 37.5. The Kier molecular flexibility index (Phi) is 6.93. The molecule has 0 saturated carbocycles. The minimum atomic E-state index is 0.849. The third kappa shape index (κ3) is 4.86. The van der Waals surface area contributed by atoms with Crippen molar-refractivity contribution in [3.8, 4) is 78.3 Å². The molecule has 0 fully saturated rings.